The van der Waals surface area contributed by atoms with Crippen LogP contribution in [-0.2, 0) is 0 Å². The van der Waals surface area contributed by atoms with Crippen molar-refractivity contribution in [1.29, 1.82) is 5.26 Å². The van der Waals surface area contributed by atoms with Crippen molar-refractivity contribution < 1.29 is 5.11 Å². The zero-order valence-corrected chi connectivity index (χ0v) is 14.6. The van der Waals surface area contributed by atoms with Gasteiger partial charge in [0.25, 0.3) is 5.95 Å². The summed E-state index contributed by atoms with van der Waals surface area (Å²) in [5.41, 5.74) is 8.78. The standard InChI is InChI=1S/C19H20N6O/c1-13(26)10-18(21)24-19-22-7-6-16(23-19)14-4-5-17(15(11-14)12-20)25-8-2-3-9-25/h4-7,10-11,26H,2-3,8-9H2,1H3,(H2,21,22,23,24)/b13-10-. The number of aromatic nitrogens is 2. The predicted molar refractivity (Wildman–Crippen MR) is 101 cm³/mol. The van der Waals surface area contributed by atoms with Gasteiger partial charge in [0.2, 0.25) is 0 Å². The number of benzene rings is 1. The number of nitriles is 1. The molecular formula is C19H20N6O. The fraction of sp³-hybridized carbons (Fsp3) is 0.263. The van der Waals surface area contributed by atoms with Gasteiger partial charge in [-0.1, -0.05) is 6.07 Å². The van der Waals surface area contributed by atoms with Crippen LogP contribution in [-0.4, -0.2) is 34.0 Å². The Morgan fingerprint density at radius 2 is 2.12 bits per heavy atom. The summed E-state index contributed by atoms with van der Waals surface area (Å²) < 4.78 is 0. The van der Waals surface area contributed by atoms with E-state index in [-0.39, 0.29) is 17.5 Å². The lowest BCUT2D eigenvalue weighted by molar-refractivity contribution is 0.415. The summed E-state index contributed by atoms with van der Waals surface area (Å²) in [6, 6.07) is 9.80. The molecule has 1 saturated heterocycles. The highest BCUT2D eigenvalue weighted by atomic mass is 16.3. The van der Waals surface area contributed by atoms with Crippen LogP contribution in [0.25, 0.3) is 11.3 Å². The molecule has 7 heteroatoms. The summed E-state index contributed by atoms with van der Waals surface area (Å²) in [4.78, 5) is 14.8. The van der Waals surface area contributed by atoms with Crippen LogP contribution in [0.3, 0.4) is 0 Å². The zero-order valence-electron chi connectivity index (χ0n) is 14.6. The summed E-state index contributed by atoms with van der Waals surface area (Å²) >= 11 is 0. The SMILES string of the molecule is C/C(O)=C/C(N)=N\c1nccc(-c2ccc(N3CCCC3)c(C#N)c2)n1. The Balaban J connectivity index is 1.93. The second-order valence-electron chi connectivity index (χ2n) is 6.10. The maximum Gasteiger partial charge on any atom is 0.251 e. The zero-order chi connectivity index (χ0) is 18.5. The molecule has 0 spiro atoms. The van der Waals surface area contributed by atoms with Crippen molar-refractivity contribution >= 4 is 17.5 Å². The lowest BCUT2D eigenvalue weighted by Gasteiger charge is -2.19. The van der Waals surface area contributed by atoms with Gasteiger partial charge >= 0.3 is 0 Å². The Morgan fingerprint density at radius 3 is 2.81 bits per heavy atom. The molecule has 0 aliphatic carbocycles. The molecule has 26 heavy (non-hydrogen) atoms. The normalized spacial score (nSPS) is 15.2. The van der Waals surface area contributed by atoms with E-state index in [9.17, 15) is 10.4 Å². The van der Waals surface area contributed by atoms with Crippen molar-refractivity contribution in [3.8, 4) is 17.3 Å². The van der Waals surface area contributed by atoms with Crippen molar-refractivity contribution in [2.75, 3.05) is 18.0 Å². The topological polar surface area (TPSA) is 111 Å². The number of allylic oxidation sites excluding steroid dienone is 1. The molecule has 2 heterocycles. The Bertz CT molecular complexity index is 902. The maximum absolute atomic E-state index is 9.53. The first-order valence-corrected chi connectivity index (χ1v) is 8.41. The first-order chi connectivity index (χ1) is 12.6. The number of rotatable bonds is 4. The number of amidine groups is 1. The first kappa shape index (κ1) is 17.4. The smallest absolute Gasteiger partial charge is 0.251 e. The number of hydrogen-bond acceptors (Lipinski definition) is 6. The molecule has 1 aliphatic rings. The summed E-state index contributed by atoms with van der Waals surface area (Å²) in [5.74, 6) is 0.363. The lowest BCUT2D eigenvalue weighted by Crippen LogP contribution is -2.18. The molecule has 7 nitrogen and oxygen atoms in total. The van der Waals surface area contributed by atoms with Gasteiger partial charge in [-0.15, -0.1) is 0 Å². The molecule has 3 N–H and O–H groups in total. The van der Waals surface area contributed by atoms with E-state index in [1.54, 1.807) is 12.3 Å². The summed E-state index contributed by atoms with van der Waals surface area (Å²) in [6.07, 6.45) is 5.23. The molecule has 0 atom stereocenters. The van der Waals surface area contributed by atoms with Crippen molar-refractivity contribution in [1.82, 2.24) is 9.97 Å². The van der Waals surface area contributed by atoms with Crippen LogP contribution in [0, 0.1) is 11.3 Å². The minimum atomic E-state index is 0.0542. The third-order valence-electron chi connectivity index (χ3n) is 4.09. The Kier molecular flexibility index (Phi) is 5.13. The van der Waals surface area contributed by atoms with Crippen molar-refractivity contribution in [3.05, 3.63) is 47.9 Å². The fourth-order valence-electron chi connectivity index (χ4n) is 2.94. The molecule has 0 amide bonds. The van der Waals surface area contributed by atoms with Crippen LogP contribution in [0.5, 0.6) is 0 Å². The highest BCUT2D eigenvalue weighted by Crippen LogP contribution is 2.29. The van der Waals surface area contributed by atoms with E-state index in [1.807, 2.05) is 18.2 Å². The molecule has 3 rings (SSSR count). The van der Waals surface area contributed by atoms with E-state index >= 15 is 0 Å². The van der Waals surface area contributed by atoms with Gasteiger partial charge in [-0.3, -0.25) is 0 Å². The van der Waals surface area contributed by atoms with Crippen LogP contribution >= 0.6 is 0 Å². The number of aliphatic hydroxyl groups is 1. The van der Waals surface area contributed by atoms with Gasteiger partial charge < -0.3 is 15.7 Å². The van der Waals surface area contributed by atoms with Crippen molar-refractivity contribution in [2.24, 2.45) is 10.7 Å². The number of nitrogens with zero attached hydrogens (tertiary/aromatic N) is 5. The van der Waals surface area contributed by atoms with Crippen LogP contribution in [0.4, 0.5) is 11.6 Å². The quantitative estimate of drug-likeness (QED) is 0.499. The average molecular weight is 348 g/mol. The molecule has 0 saturated carbocycles. The van der Waals surface area contributed by atoms with E-state index in [4.69, 9.17) is 5.73 Å². The molecular weight excluding hydrogens is 328 g/mol. The number of aliphatic hydroxyl groups excluding tert-OH is 1. The lowest BCUT2D eigenvalue weighted by atomic mass is 10.1. The number of nitrogens with two attached hydrogens (primary N) is 1. The van der Waals surface area contributed by atoms with Crippen LogP contribution in [0.15, 0.2) is 47.3 Å². The molecule has 0 unspecified atom stereocenters. The highest BCUT2D eigenvalue weighted by Gasteiger charge is 2.16. The fourth-order valence-corrected chi connectivity index (χ4v) is 2.94. The molecule has 1 aliphatic heterocycles. The molecule has 1 fully saturated rings. The number of hydrogen-bond donors (Lipinski definition) is 2. The van der Waals surface area contributed by atoms with Crippen LogP contribution in [0.2, 0.25) is 0 Å². The number of aliphatic imine (C=N–C) groups is 1. The van der Waals surface area contributed by atoms with Gasteiger partial charge in [-0.05, 0) is 38.0 Å². The highest BCUT2D eigenvalue weighted by molar-refractivity contribution is 5.93. The maximum atomic E-state index is 9.53. The van der Waals surface area contributed by atoms with Crippen LogP contribution in [0.1, 0.15) is 25.3 Å². The third-order valence-corrected chi connectivity index (χ3v) is 4.09. The average Bonchev–Trinajstić information content (AvgIpc) is 3.15. The van der Waals surface area contributed by atoms with E-state index in [2.05, 4.69) is 25.9 Å². The number of anilines is 1. The second kappa shape index (κ2) is 7.66. The van der Waals surface area contributed by atoms with E-state index < -0.39 is 0 Å². The molecule has 132 valence electrons. The van der Waals surface area contributed by atoms with E-state index in [1.165, 1.54) is 13.0 Å². The molecule has 1 aromatic heterocycles. The minimum Gasteiger partial charge on any atom is -0.512 e. The Morgan fingerprint density at radius 1 is 1.35 bits per heavy atom. The van der Waals surface area contributed by atoms with Gasteiger partial charge in [0.05, 0.1) is 22.7 Å². The van der Waals surface area contributed by atoms with Gasteiger partial charge in [0.1, 0.15) is 11.9 Å². The van der Waals surface area contributed by atoms with Crippen LogP contribution < -0.4 is 10.6 Å². The molecule has 1 aromatic carbocycles. The van der Waals surface area contributed by atoms with Gasteiger partial charge in [-0.25, -0.2) is 9.97 Å². The third kappa shape index (κ3) is 3.98. The van der Waals surface area contributed by atoms with E-state index in [0.717, 1.165) is 37.2 Å². The summed E-state index contributed by atoms with van der Waals surface area (Å²) in [7, 11) is 0. The van der Waals surface area contributed by atoms with Gasteiger partial charge in [0, 0.05) is 30.9 Å². The molecule has 2 aromatic rings. The summed E-state index contributed by atoms with van der Waals surface area (Å²) in [5, 5.41) is 18.8. The van der Waals surface area contributed by atoms with Crippen molar-refractivity contribution in [3.63, 3.8) is 0 Å². The van der Waals surface area contributed by atoms with E-state index in [0.29, 0.717) is 11.3 Å². The molecule has 0 bridgehead atoms. The largest absolute Gasteiger partial charge is 0.512 e. The Hall–Kier alpha value is -3.40. The minimum absolute atomic E-state index is 0.0542. The first-order valence-electron chi connectivity index (χ1n) is 8.41. The van der Waals surface area contributed by atoms with Crippen molar-refractivity contribution in [2.45, 2.75) is 19.8 Å². The molecule has 0 radical (unpaired) electrons. The van der Waals surface area contributed by atoms with Gasteiger partial charge in [0.15, 0.2) is 0 Å². The van der Waals surface area contributed by atoms with Gasteiger partial charge in [-0.2, -0.15) is 10.3 Å². The Labute approximate surface area is 152 Å². The second-order valence-corrected chi connectivity index (χ2v) is 6.10. The monoisotopic (exact) mass is 348 g/mol. The summed E-state index contributed by atoms with van der Waals surface area (Å²) in [6.45, 7) is 3.47. The predicted octanol–water partition coefficient (Wildman–Crippen LogP) is 3.07.